The Morgan fingerprint density at radius 2 is 1.91 bits per heavy atom. The number of carbonyl (C=O) groups excluding carboxylic acids is 2. The molecule has 1 fully saturated rings. The smallest absolute Gasteiger partial charge is 0.417 e. The molecular weight excluding hydrogens is 278 g/mol. The van der Waals surface area contributed by atoms with Crippen molar-refractivity contribution in [3.05, 3.63) is 48.0 Å². The Kier molecular flexibility index (Phi) is 4.40. The molecule has 0 radical (unpaired) electrons. The zero-order valence-electron chi connectivity index (χ0n) is 13.6. The van der Waals surface area contributed by atoms with Crippen molar-refractivity contribution < 1.29 is 14.3 Å². The highest BCUT2D eigenvalue weighted by Crippen LogP contribution is 2.35. The first-order valence-corrected chi connectivity index (χ1v) is 7.52. The van der Waals surface area contributed by atoms with Crippen LogP contribution in [-0.2, 0) is 16.0 Å². The Morgan fingerprint density at radius 1 is 1.32 bits per heavy atom. The lowest BCUT2D eigenvalue weighted by molar-refractivity contribution is -0.126. The molecule has 0 spiro atoms. The molecule has 1 aliphatic heterocycles. The van der Waals surface area contributed by atoms with Crippen molar-refractivity contribution >= 4 is 12.0 Å². The lowest BCUT2D eigenvalue weighted by atomic mass is 9.88. The molecule has 2 amide bonds. The van der Waals surface area contributed by atoms with Crippen LogP contribution in [0.25, 0.3) is 0 Å². The number of amides is 2. The molecule has 0 saturated carbocycles. The van der Waals surface area contributed by atoms with E-state index in [-0.39, 0.29) is 17.9 Å². The highest BCUT2D eigenvalue weighted by molar-refractivity contribution is 6.03. The van der Waals surface area contributed by atoms with Crippen LogP contribution >= 0.6 is 0 Å². The molecule has 4 heteroatoms. The van der Waals surface area contributed by atoms with Crippen molar-refractivity contribution in [1.29, 1.82) is 0 Å². The molecule has 1 aliphatic rings. The van der Waals surface area contributed by atoms with Gasteiger partial charge in [0.25, 0.3) is 5.91 Å². The molecule has 0 bridgehead atoms. The third kappa shape index (κ3) is 3.06. The molecule has 1 aromatic carbocycles. The Hall–Kier alpha value is -2.10. The van der Waals surface area contributed by atoms with E-state index in [9.17, 15) is 9.59 Å². The van der Waals surface area contributed by atoms with Gasteiger partial charge in [-0.25, -0.2) is 9.69 Å². The van der Waals surface area contributed by atoms with Crippen molar-refractivity contribution in [2.24, 2.45) is 5.92 Å². The van der Waals surface area contributed by atoms with Gasteiger partial charge in [0.1, 0.15) is 5.60 Å². The number of hydrogen-bond donors (Lipinski definition) is 0. The van der Waals surface area contributed by atoms with Crippen LogP contribution in [0.3, 0.4) is 0 Å². The Morgan fingerprint density at radius 3 is 2.45 bits per heavy atom. The summed E-state index contributed by atoms with van der Waals surface area (Å²) in [6.07, 6.45) is -0.155. The van der Waals surface area contributed by atoms with Crippen molar-refractivity contribution in [3.63, 3.8) is 0 Å². The molecule has 1 saturated heterocycles. The van der Waals surface area contributed by atoms with Gasteiger partial charge in [-0.1, -0.05) is 50.8 Å². The summed E-state index contributed by atoms with van der Waals surface area (Å²) in [5.74, 6) is -0.243. The van der Waals surface area contributed by atoms with E-state index in [1.165, 1.54) is 4.90 Å². The molecule has 4 nitrogen and oxygen atoms in total. The predicted molar refractivity (Wildman–Crippen MR) is 85.3 cm³/mol. The second kappa shape index (κ2) is 5.95. The largest absolute Gasteiger partial charge is 0.441 e. The second-order valence-corrected chi connectivity index (χ2v) is 6.60. The molecule has 0 aromatic heterocycles. The fourth-order valence-electron chi connectivity index (χ4n) is 3.16. The van der Waals surface area contributed by atoms with Gasteiger partial charge in [0.15, 0.2) is 0 Å². The number of imide groups is 1. The van der Waals surface area contributed by atoms with E-state index < -0.39 is 11.7 Å². The molecule has 0 unspecified atom stereocenters. The average Bonchev–Trinajstić information content (AvgIpc) is 2.68. The van der Waals surface area contributed by atoms with Gasteiger partial charge in [-0.2, -0.15) is 0 Å². The van der Waals surface area contributed by atoms with Crippen LogP contribution in [0.2, 0.25) is 0 Å². The minimum absolute atomic E-state index is 0.106. The standard InChI is InChI=1S/C18H23NO3/c1-12(2)15-18(4,5)22-17(21)19(15)16(20)13(3)11-14-9-7-6-8-10-14/h6-10,12,15H,3,11H2,1-2,4-5H3/t15-/m0/s1. The van der Waals surface area contributed by atoms with Crippen LogP contribution in [0.5, 0.6) is 0 Å². The first kappa shape index (κ1) is 16.3. The second-order valence-electron chi connectivity index (χ2n) is 6.60. The molecule has 2 rings (SSSR count). The minimum atomic E-state index is -0.687. The third-order valence-corrected chi connectivity index (χ3v) is 3.95. The number of rotatable bonds is 4. The summed E-state index contributed by atoms with van der Waals surface area (Å²) in [5, 5.41) is 0. The lowest BCUT2D eigenvalue weighted by Crippen LogP contribution is -2.48. The van der Waals surface area contributed by atoms with Crippen LogP contribution in [-0.4, -0.2) is 28.5 Å². The maximum atomic E-state index is 12.7. The maximum Gasteiger partial charge on any atom is 0.417 e. The summed E-state index contributed by atoms with van der Waals surface area (Å²) >= 11 is 0. The van der Waals surface area contributed by atoms with Gasteiger partial charge in [-0.3, -0.25) is 4.79 Å². The number of nitrogens with zero attached hydrogens (tertiary/aromatic N) is 1. The van der Waals surface area contributed by atoms with E-state index in [0.717, 1.165) is 5.56 Å². The lowest BCUT2D eigenvalue weighted by Gasteiger charge is -2.31. The molecule has 22 heavy (non-hydrogen) atoms. The summed E-state index contributed by atoms with van der Waals surface area (Å²) in [7, 11) is 0. The number of benzene rings is 1. The summed E-state index contributed by atoms with van der Waals surface area (Å²) in [5.41, 5.74) is 0.703. The summed E-state index contributed by atoms with van der Waals surface area (Å²) in [6.45, 7) is 11.5. The van der Waals surface area contributed by atoms with Gasteiger partial charge >= 0.3 is 6.09 Å². The van der Waals surface area contributed by atoms with Crippen molar-refractivity contribution in [2.75, 3.05) is 0 Å². The molecular formula is C18H23NO3. The predicted octanol–water partition coefficient (Wildman–Crippen LogP) is 3.57. The number of carbonyl (C=O) groups is 2. The Bertz CT molecular complexity index is 590. The molecule has 0 N–H and O–H groups in total. The van der Waals surface area contributed by atoms with Crippen LogP contribution in [0, 0.1) is 5.92 Å². The molecule has 1 heterocycles. The van der Waals surface area contributed by atoms with Crippen LogP contribution in [0.1, 0.15) is 33.3 Å². The van der Waals surface area contributed by atoms with Gasteiger partial charge in [-0.05, 0) is 25.3 Å². The normalized spacial score (nSPS) is 20.1. The highest BCUT2D eigenvalue weighted by Gasteiger charge is 2.52. The van der Waals surface area contributed by atoms with Gasteiger partial charge in [-0.15, -0.1) is 0 Å². The highest BCUT2D eigenvalue weighted by atomic mass is 16.6. The van der Waals surface area contributed by atoms with E-state index in [4.69, 9.17) is 4.74 Å². The molecule has 1 atom stereocenters. The van der Waals surface area contributed by atoms with E-state index in [1.807, 2.05) is 58.0 Å². The monoisotopic (exact) mass is 301 g/mol. The topological polar surface area (TPSA) is 46.6 Å². The minimum Gasteiger partial charge on any atom is -0.441 e. The summed E-state index contributed by atoms with van der Waals surface area (Å²) in [6, 6.07) is 9.33. The first-order chi connectivity index (χ1) is 10.2. The van der Waals surface area contributed by atoms with Crippen molar-refractivity contribution in [3.8, 4) is 0 Å². The van der Waals surface area contributed by atoms with E-state index >= 15 is 0 Å². The van der Waals surface area contributed by atoms with Gasteiger partial charge in [0.2, 0.25) is 0 Å². The number of ether oxygens (including phenoxy) is 1. The van der Waals surface area contributed by atoms with Gasteiger partial charge in [0.05, 0.1) is 6.04 Å². The average molecular weight is 301 g/mol. The fraction of sp³-hybridized carbons (Fsp3) is 0.444. The summed E-state index contributed by atoms with van der Waals surface area (Å²) < 4.78 is 5.38. The maximum absolute atomic E-state index is 12.7. The SMILES string of the molecule is C=C(Cc1ccccc1)C(=O)N1C(=O)OC(C)(C)[C@@H]1C(C)C. The molecule has 118 valence electrons. The van der Waals surface area contributed by atoms with E-state index in [1.54, 1.807) is 0 Å². The van der Waals surface area contributed by atoms with Crippen molar-refractivity contribution in [2.45, 2.75) is 45.8 Å². The van der Waals surface area contributed by atoms with Crippen LogP contribution < -0.4 is 0 Å². The molecule has 1 aromatic rings. The Labute approximate surface area is 131 Å². The van der Waals surface area contributed by atoms with Gasteiger partial charge < -0.3 is 4.74 Å². The fourth-order valence-corrected chi connectivity index (χ4v) is 3.16. The number of cyclic esters (lactones) is 1. The number of hydrogen-bond acceptors (Lipinski definition) is 3. The van der Waals surface area contributed by atoms with Gasteiger partial charge in [0, 0.05) is 12.0 Å². The quantitative estimate of drug-likeness (QED) is 0.799. The van der Waals surface area contributed by atoms with Crippen molar-refractivity contribution in [1.82, 2.24) is 4.90 Å². The van der Waals surface area contributed by atoms with E-state index in [0.29, 0.717) is 12.0 Å². The third-order valence-electron chi connectivity index (χ3n) is 3.95. The zero-order valence-corrected chi connectivity index (χ0v) is 13.6. The van der Waals surface area contributed by atoms with Crippen LogP contribution in [0.15, 0.2) is 42.5 Å². The summed E-state index contributed by atoms with van der Waals surface area (Å²) in [4.78, 5) is 26.1. The van der Waals surface area contributed by atoms with Crippen LogP contribution in [0.4, 0.5) is 4.79 Å². The Balaban J connectivity index is 2.20. The first-order valence-electron chi connectivity index (χ1n) is 7.52. The zero-order chi connectivity index (χ0) is 16.5. The van der Waals surface area contributed by atoms with E-state index in [2.05, 4.69) is 6.58 Å². The molecule has 0 aliphatic carbocycles.